The molecule has 0 aromatic heterocycles. The molecule has 0 bridgehead atoms. The van der Waals surface area contributed by atoms with Gasteiger partial charge in [0.1, 0.15) is 0 Å². The van der Waals surface area contributed by atoms with Crippen LogP contribution in [0.4, 0.5) is 0 Å². The summed E-state index contributed by atoms with van der Waals surface area (Å²) in [6, 6.07) is 0.516. The standard InChI is InChI=1S/C13H23N3OS/c1-11-6-10-18-13(15-11)14-7-5-12(17)16-8-3-2-4-9-16/h11H,2-10H2,1H3,(H,14,15). The number of likely N-dealkylation sites (tertiary alicyclic amines) is 1. The van der Waals surface area contributed by atoms with Crippen molar-refractivity contribution in [1.29, 1.82) is 0 Å². The third-order valence-corrected chi connectivity index (χ3v) is 4.41. The highest BCUT2D eigenvalue weighted by Crippen LogP contribution is 2.14. The summed E-state index contributed by atoms with van der Waals surface area (Å²) < 4.78 is 0. The molecule has 0 aromatic rings. The van der Waals surface area contributed by atoms with E-state index in [0.717, 1.165) is 36.9 Å². The van der Waals surface area contributed by atoms with E-state index in [4.69, 9.17) is 0 Å². The summed E-state index contributed by atoms with van der Waals surface area (Å²) in [4.78, 5) is 18.4. The Bertz CT molecular complexity index is 313. The lowest BCUT2D eigenvalue weighted by Crippen LogP contribution is -2.37. The maximum absolute atomic E-state index is 11.9. The average molecular weight is 269 g/mol. The van der Waals surface area contributed by atoms with Crippen molar-refractivity contribution < 1.29 is 4.79 Å². The van der Waals surface area contributed by atoms with Gasteiger partial charge in [0.05, 0.1) is 6.54 Å². The Hall–Kier alpha value is -0.710. The van der Waals surface area contributed by atoms with Crippen LogP contribution in [0.2, 0.25) is 0 Å². The van der Waals surface area contributed by atoms with Gasteiger partial charge in [-0.15, -0.1) is 0 Å². The van der Waals surface area contributed by atoms with Crippen LogP contribution in [0.15, 0.2) is 4.99 Å². The van der Waals surface area contributed by atoms with Gasteiger partial charge < -0.3 is 10.2 Å². The van der Waals surface area contributed by atoms with Crippen molar-refractivity contribution in [3.63, 3.8) is 0 Å². The highest BCUT2D eigenvalue weighted by atomic mass is 32.2. The molecule has 0 aromatic carbocycles. The number of aliphatic imine (C=N–C) groups is 1. The number of piperidine rings is 1. The van der Waals surface area contributed by atoms with Gasteiger partial charge in [0, 0.05) is 31.3 Å². The lowest BCUT2D eigenvalue weighted by Gasteiger charge is -2.26. The van der Waals surface area contributed by atoms with Gasteiger partial charge >= 0.3 is 0 Å². The highest BCUT2D eigenvalue weighted by molar-refractivity contribution is 8.13. The van der Waals surface area contributed by atoms with E-state index in [1.807, 2.05) is 4.90 Å². The maximum Gasteiger partial charge on any atom is 0.224 e. The van der Waals surface area contributed by atoms with E-state index in [-0.39, 0.29) is 5.91 Å². The van der Waals surface area contributed by atoms with Crippen molar-refractivity contribution in [3.8, 4) is 0 Å². The molecule has 0 aliphatic carbocycles. The van der Waals surface area contributed by atoms with Gasteiger partial charge in [0.15, 0.2) is 5.17 Å². The molecule has 2 heterocycles. The first-order valence-electron chi connectivity index (χ1n) is 6.97. The topological polar surface area (TPSA) is 44.7 Å². The van der Waals surface area contributed by atoms with Gasteiger partial charge in [-0.05, 0) is 32.6 Å². The van der Waals surface area contributed by atoms with Crippen LogP contribution < -0.4 is 5.32 Å². The van der Waals surface area contributed by atoms with Crippen LogP contribution in [-0.2, 0) is 4.79 Å². The molecule has 2 aliphatic heterocycles. The molecule has 0 spiro atoms. The molecule has 2 aliphatic rings. The van der Waals surface area contributed by atoms with Crippen molar-refractivity contribution >= 4 is 22.8 Å². The summed E-state index contributed by atoms with van der Waals surface area (Å²) in [7, 11) is 0. The van der Waals surface area contributed by atoms with Crippen LogP contribution in [0.25, 0.3) is 0 Å². The fraction of sp³-hybridized carbons (Fsp3) is 0.846. The van der Waals surface area contributed by atoms with E-state index in [1.54, 1.807) is 11.8 Å². The summed E-state index contributed by atoms with van der Waals surface area (Å²) in [5, 5.41) is 4.37. The number of carbonyl (C=O) groups is 1. The first-order valence-corrected chi connectivity index (χ1v) is 7.96. The number of hydrogen-bond acceptors (Lipinski definition) is 3. The molecule has 18 heavy (non-hydrogen) atoms. The molecular weight excluding hydrogens is 246 g/mol. The van der Waals surface area contributed by atoms with Gasteiger partial charge in [-0.1, -0.05) is 11.8 Å². The molecular formula is C13H23N3OS. The largest absolute Gasteiger partial charge is 0.362 e. The van der Waals surface area contributed by atoms with Crippen molar-refractivity contribution in [2.24, 2.45) is 4.99 Å². The minimum Gasteiger partial charge on any atom is -0.362 e. The second-order valence-electron chi connectivity index (χ2n) is 5.06. The van der Waals surface area contributed by atoms with E-state index in [0.29, 0.717) is 19.0 Å². The molecule has 2 fully saturated rings. The van der Waals surface area contributed by atoms with Crippen LogP contribution in [-0.4, -0.2) is 47.4 Å². The monoisotopic (exact) mass is 269 g/mol. The lowest BCUT2D eigenvalue weighted by atomic mass is 10.1. The van der Waals surface area contributed by atoms with E-state index >= 15 is 0 Å². The lowest BCUT2D eigenvalue weighted by molar-refractivity contribution is -0.131. The van der Waals surface area contributed by atoms with Crippen molar-refractivity contribution in [2.45, 2.75) is 45.1 Å². The Morgan fingerprint density at radius 2 is 2.22 bits per heavy atom. The zero-order valence-corrected chi connectivity index (χ0v) is 12.0. The molecule has 1 amide bonds. The fourth-order valence-corrected chi connectivity index (χ4v) is 3.43. The van der Waals surface area contributed by atoms with Crippen LogP contribution >= 0.6 is 11.8 Å². The summed E-state index contributed by atoms with van der Waals surface area (Å²) in [5.74, 6) is 1.40. The number of hydrogen-bond donors (Lipinski definition) is 1. The second-order valence-corrected chi connectivity index (χ2v) is 6.14. The fourth-order valence-electron chi connectivity index (χ4n) is 2.30. The Kier molecular flexibility index (Phi) is 5.35. The Labute approximate surface area is 114 Å². The second kappa shape index (κ2) is 7.02. The minimum atomic E-state index is 0.271. The number of nitrogens with one attached hydrogen (secondary N) is 1. The van der Waals surface area contributed by atoms with Crippen molar-refractivity contribution in [3.05, 3.63) is 0 Å². The van der Waals surface area contributed by atoms with E-state index in [9.17, 15) is 4.79 Å². The highest BCUT2D eigenvalue weighted by Gasteiger charge is 2.16. The number of amides is 1. The molecule has 0 radical (unpaired) electrons. The molecule has 5 heteroatoms. The molecule has 2 saturated heterocycles. The summed E-state index contributed by atoms with van der Waals surface area (Å²) >= 11 is 1.77. The normalized spacial score (nSPS) is 27.1. The molecule has 1 unspecified atom stereocenters. The predicted molar refractivity (Wildman–Crippen MR) is 77.0 cm³/mol. The van der Waals surface area contributed by atoms with Crippen molar-refractivity contribution in [2.75, 3.05) is 25.4 Å². The van der Waals surface area contributed by atoms with E-state index in [2.05, 4.69) is 17.2 Å². The maximum atomic E-state index is 11.9. The van der Waals surface area contributed by atoms with Crippen LogP contribution in [0.1, 0.15) is 39.0 Å². The van der Waals surface area contributed by atoms with Gasteiger partial charge in [0.25, 0.3) is 0 Å². The summed E-state index contributed by atoms with van der Waals surface area (Å²) in [6.07, 6.45) is 5.34. The number of carbonyl (C=O) groups excluding carboxylic acids is 1. The Balaban J connectivity index is 1.70. The van der Waals surface area contributed by atoms with Crippen LogP contribution in [0.5, 0.6) is 0 Å². The number of thioether (sulfide) groups is 1. The summed E-state index contributed by atoms with van der Waals surface area (Å²) in [5.41, 5.74) is 0. The molecule has 4 nitrogen and oxygen atoms in total. The van der Waals surface area contributed by atoms with Crippen LogP contribution in [0, 0.1) is 0 Å². The summed E-state index contributed by atoms with van der Waals surface area (Å²) in [6.45, 7) is 4.68. The molecule has 1 N–H and O–H groups in total. The van der Waals surface area contributed by atoms with E-state index in [1.165, 1.54) is 12.8 Å². The SMILES string of the molecule is CC1CCSC(=NCCC(=O)N2CCCCC2)N1. The molecule has 2 rings (SSSR count). The Morgan fingerprint density at radius 1 is 1.44 bits per heavy atom. The van der Waals surface area contributed by atoms with Gasteiger partial charge in [-0.3, -0.25) is 9.79 Å². The van der Waals surface area contributed by atoms with E-state index < -0.39 is 0 Å². The molecule has 0 saturated carbocycles. The average Bonchev–Trinajstić information content (AvgIpc) is 2.40. The quantitative estimate of drug-likeness (QED) is 0.850. The van der Waals surface area contributed by atoms with Gasteiger partial charge in [0.2, 0.25) is 5.91 Å². The number of rotatable bonds is 3. The Morgan fingerprint density at radius 3 is 2.94 bits per heavy atom. The van der Waals surface area contributed by atoms with Crippen molar-refractivity contribution in [1.82, 2.24) is 10.2 Å². The molecule has 1 atom stereocenters. The predicted octanol–water partition coefficient (Wildman–Crippen LogP) is 1.86. The zero-order valence-electron chi connectivity index (χ0n) is 11.2. The van der Waals surface area contributed by atoms with Crippen LogP contribution in [0.3, 0.4) is 0 Å². The first-order chi connectivity index (χ1) is 8.75. The number of amidine groups is 1. The van der Waals surface area contributed by atoms with Gasteiger partial charge in [-0.2, -0.15) is 0 Å². The van der Waals surface area contributed by atoms with Gasteiger partial charge in [-0.25, -0.2) is 0 Å². The number of nitrogens with zero attached hydrogens (tertiary/aromatic N) is 2. The molecule has 102 valence electrons. The smallest absolute Gasteiger partial charge is 0.224 e. The third-order valence-electron chi connectivity index (χ3n) is 3.45. The third kappa shape index (κ3) is 4.19. The zero-order chi connectivity index (χ0) is 12.8. The first kappa shape index (κ1) is 13.7. The minimum absolute atomic E-state index is 0.271.